The van der Waals surface area contributed by atoms with Crippen molar-refractivity contribution in [3.8, 4) is 17.1 Å². The summed E-state index contributed by atoms with van der Waals surface area (Å²) in [4.78, 5) is 7.98. The molecule has 8 heteroatoms. The lowest BCUT2D eigenvalue weighted by molar-refractivity contribution is 0.00794. The highest BCUT2D eigenvalue weighted by Crippen LogP contribution is 2.51. The molecule has 0 radical (unpaired) electrons. The molecule has 0 amide bonds. The van der Waals surface area contributed by atoms with Gasteiger partial charge in [-0.05, 0) is 31.4 Å². The van der Waals surface area contributed by atoms with Gasteiger partial charge in [-0.25, -0.2) is 4.98 Å². The van der Waals surface area contributed by atoms with E-state index in [1.807, 2.05) is 31.2 Å². The Morgan fingerprint density at radius 2 is 1.91 bits per heavy atom. The van der Waals surface area contributed by atoms with Crippen molar-refractivity contribution in [2.24, 2.45) is 0 Å². The van der Waals surface area contributed by atoms with Crippen molar-refractivity contribution in [2.75, 3.05) is 13.2 Å². The Balaban J connectivity index is 1.25. The fourth-order valence-corrected chi connectivity index (χ4v) is 5.28. The van der Waals surface area contributed by atoms with Gasteiger partial charge in [-0.3, -0.25) is 0 Å². The molecule has 7 nitrogen and oxygen atoms in total. The Morgan fingerprint density at radius 3 is 2.62 bits per heavy atom. The Labute approximate surface area is 190 Å². The van der Waals surface area contributed by atoms with Crippen molar-refractivity contribution in [3.05, 3.63) is 47.0 Å². The number of nitrogens with zero attached hydrogens (tertiary/aromatic N) is 1. The summed E-state index contributed by atoms with van der Waals surface area (Å²) in [5, 5.41) is 20.6. The Kier molecular flexibility index (Phi) is 4.75. The average molecular weight is 457 g/mol. The van der Waals surface area contributed by atoms with Gasteiger partial charge < -0.3 is 29.4 Å². The molecule has 6 rings (SSSR count). The van der Waals surface area contributed by atoms with Gasteiger partial charge >= 0.3 is 0 Å². The molecule has 168 valence electrons. The van der Waals surface area contributed by atoms with Crippen molar-refractivity contribution in [2.45, 2.75) is 55.7 Å². The van der Waals surface area contributed by atoms with Crippen LogP contribution < -0.4 is 4.74 Å². The molecule has 0 spiro atoms. The summed E-state index contributed by atoms with van der Waals surface area (Å²) in [6, 6.07) is 11.9. The van der Waals surface area contributed by atoms with Gasteiger partial charge in [-0.15, -0.1) is 0 Å². The number of rotatable bonds is 5. The number of aliphatic hydroxyl groups excluding tert-OH is 2. The number of aromatic amines is 1. The average Bonchev–Trinajstić information content (AvgIpc) is 3.18. The monoisotopic (exact) mass is 456 g/mol. The number of pyridine rings is 1. The zero-order chi connectivity index (χ0) is 22.0. The van der Waals surface area contributed by atoms with Gasteiger partial charge in [0.25, 0.3) is 0 Å². The Morgan fingerprint density at radius 1 is 1.16 bits per heavy atom. The van der Waals surface area contributed by atoms with Gasteiger partial charge in [-0.2, -0.15) is 0 Å². The minimum atomic E-state index is -0.610. The minimum absolute atomic E-state index is 0.103. The maximum atomic E-state index is 10.1. The van der Waals surface area contributed by atoms with Crippen molar-refractivity contribution in [1.82, 2.24) is 9.97 Å². The molecule has 2 aliphatic heterocycles. The first-order valence-corrected chi connectivity index (χ1v) is 11.4. The van der Waals surface area contributed by atoms with Crippen molar-refractivity contribution in [3.63, 3.8) is 0 Å². The summed E-state index contributed by atoms with van der Waals surface area (Å²) in [6.45, 7) is 2.48. The fourth-order valence-electron chi connectivity index (χ4n) is 5.02. The van der Waals surface area contributed by atoms with E-state index in [0.717, 1.165) is 35.0 Å². The second kappa shape index (κ2) is 7.43. The second-order valence-electron chi connectivity index (χ2n) is 9.11. The minimum Gasteiger partial charge on any atom is -0.470 e. The van der Waals surface area contributed by atoms with Crippen LogP contribution in [0.15, 0.2) is 36.4 Å². The number of aromatic nitrogens is 2. The number of aliphatic hydroxyl groups is 2. The quantitative estimate of drug-likeness (QED) is 0.545. The highest BCUT2D eigenvalue weighted by Gasteiger charge is 2.49. The Hall–Kier alpha value is -2.16. The first kappa shape index (κ1) is 20.4. The van der Waals surface area contributed by atoms with Gasteiger partial charge in [0.2, 0.25) is 0 Å². The van der Waals surface area contributed by atoms with Crippen LogP contribution in [0.2, 0.25) is 5.02 Å². The summed E-state index contributed by atoms with van der Waals surface area (Å²) in [6.07, 6.45) is 0.145. The molecule has 5 atom stereocenters. The van der Waals surface area contributed by atoms with Crippen LogP contribution in [0.1, 0.15) is 25.3 Å². The van der Waals surface area contributed by atoms with Gasteiger partial charge in [0, 0.05) is 17.0 Å². The number of benzene rings is 1. The van der Waals surface area contributed by atoms with Crippen LogP contribution >= 0.6 is 11.6 Å². The number of hydrogen-bond donors (Lipinski definition) is 3. The molecule has 1 saturated carbocycles. The highest BCUT2D eigenvalue weighted by atomic mass is 35.5. The maximum absolute atomic E-state index is 10.1. The largest absolute Gasteiger partial charge is 0.470 e. The van der Waals surface area contributed by atoms with Crippen LogP contribution in [0.5, 0.6) is 5.88 Å². The molecular weight excluding hydrogens is 432 g/mol. The predicted octanol–water partition coefficient (Wildman–Crippen LogP) is 3.20. The lowest BCUT2D eigenvalue weighted by atomic mass is 9.90. The number of fused-ring (bicyclic) bond motifs is 2. The van der Waals surface area contributed by atoms with E-state index in [4.69, 9.17) is 30.8 Å². The third-order valence-electron chi connectivity index (χ3n) is 7.11. The third kappa shape index (κ3) is 3.23. The van der Waals surface area contributed by atoms with Crippen LogP contribution in [0, 0.1) is 0 Å². The molecule has 2 saturated heterocycles. The van der Waals surface area contributed by atoms with Gasteiger partial charge in [-0.1, -0.05) is 35.9 Å². The van der Waals surface area contributed by atoms with E-state index in [0.29, 0.717) is 23.2 Å². The van der Waals surface area contributed by atoms with Crippen molar-refractivity contribution in [1.29, 1.82) is 0 Å². The first-order chi connectivity index (χ1) is 15.4. The summed E-state index contributed by atoms with van der Waals surface area (Å²) >= 11 is 6.57. The maximum Gasteiger partial charge on any atom is 0.193 e. The van der Waals surface area contributed by atoms with E-state index in [1.165, 1.54) is 0 Å². The van der Waals surface area contributed by atoms with Crippen molar-refractivity contribution < 1.29 is 24.4 Å². The molecular formula is C24H25ClN2O5. The molecule has 1 aromatic carbocycles. The summed E-state index contributed by atoms with van der Waals surface area (Å²) < 4.78 is 17.3. The molecule has 2 aromatic heterocycles. The van der Waals surface area contributed by atoms with Crippen LogP contribution in [-0.4, -0.2) is 63.9 Å². The lowest BCUT2D eigenvalue weighted by Gasteiger charge is -2.19. The van der Waals surface area contributed by atoms with E-state index in [-0.39, 0.29) is 36.4 Å². The third-order valence-corrected chi connectivity index (χ3v) is 7.40. The van der Waals surface area contributed by atoms with E-state index < -0.39 is 6.10 Å². The van der Waals surface area contributed by atoms with Crippen LogP contribution in [0.25, 0.3) is 22.3 Å². The number of ether oxygens (including phenoxy) is 3. The van der Waals surface area contributed by atoms with E-state index in [2.05, 4.69) is 17.1 Å². The number of hydrogen-bond acceptors (Lipinski definition) is 6. The standard InChI is InChI=1S/C24H25ClN2O5/c1-12(28)24(6-7-24)14-4-2-13(3-5-14)21-15(25)8-16-17(27-21)9-20(26-16)32-19-11-31-22-18(29)10-30-23(19)22/h2-5,8-9,12,18-19,22-23,26,28-29H,6-7,10-11H2,1H3. The molecule has 3 N–H and O–H groups in total. The summed E-state index contributed by atoms with van der Waals surface area (Å²) in [7, 11) is 0. The van der Waals surface area contributed by atoms with Crippen LogP contribution in [-0.2, 0) is 14.9 Å². The molecule has 0 bridgehead atoms. The van der Waals surface area contributed by atoms with Crippen molar-refractivity contribution >= 4 is 22.6 Å². The van der Waals surface area contributed by atoms with Gasteiger partial charge in [0.05, 0.1) is 41.1 Å². The SMILES string of the molecule is CC(O)C1(c2ccc(-c3nc4cc(OC5COC6C(O)COC56)[nH]c4cc3Cl)cc2)CC1. The number of halogens is 1. The summed E-state index contributed by atoms with van der Waals surface area (Å²) in [5.74, 6) is 0.558. The van der Waals surface area contributed by atoms with Crippen LogP contribution in [0.3, 0.4) is 0 Å². The normalized spacial score (nSPS) is 29.2. The van der Waals surface area contributed by atoms with Gasteiger partial charge in [0.1, 0.15) is 18.3 Å². The second-order valence-corrected chi connectivity index (χ2v) is 9.52. The smallest absolute Gasteiger partial charge is 0.193 e. The zero-order valence-corrected chi connectivity index (χ0v) is 18.4. The molecule has 32 heavy (non-hydrogen) atoms. The number of nitrogens with one attached hydrogen (secondary N) is 1. The number of H-pyrrole nitrogens is 1. The molecule has 4 heterocycles. The fraction of sp³-hybridized carbons (Fsp3) is 0.458. The molecule has 3 aliphatic rings. The zero-order valence-electron chi connectivity index (χ0n) is 17.6. The van der Waals surface area contributed by atoms with Crippen LogP contribution in [0.4, 0.5) is 0 Å². The Bertz CT molecular complexity index is 1160. The lowest BCUT2D eigenvalue weighted by Crippen LogP contribution is -2.34. The summed E-state index contributed by atoms with van der Waals surface area (Å²) in [5.41, 5.74) is 4.19. The van der Waals surface area contributed by atoms with E-state index >= 15 is 0 Å². The molecule has 3 fully saturated rings. The molecule has 5 unspecified atom stereocenters. The first-order valence-electron chi connectivity index (χ1n) is 11.0. The van der Waals surface area contributed by atoms with E-state index in [1.54, 1.807) is 0 Å². The topological polar surface area (TPSA) is 96.8 Å². The van der Waals surface area contributed by atoms with Gasteiger partial charge in [0.15, 0.2) is 12.0 Å². The van der Waals surface area contributed by atoms with E-state index in [9.17, 15) is 10.2 Å². The molecule has 3 aromatic rings. The predicted molar refractivity (Wildman–Crippen MR) is 119 cm³/mol. The molecule has 1 aliphatic carbocycles. The highest BCUT2D eigenvalue weighted by molar-refractivity contribution is 6.33.